The van der Waals surface area contributed by atoms with Crippen molar-refractivity contribution in [3.05, 3.63) is 46.5 Å². The molecule has 7 heteroatoms. The summed E-state index contributed by atoms with van der Waals surface area (Å²) in [7, 11) is 1.54. The number of aliphatic hydroxyl groups excluding tert-OH is 1. The molecule has 2 aromatic rings. The molecule has 0 aliphatic rings. The Kier molecular flexibility index (Phi) is 5.24. The molecule has 118 valence electrons. The van der Waals surface area contributed by atoms with Crippen molar-refractivity contribution < 1.29 is 9.84 Å². The van der Waals surface area contributed by atoms with Gasteiger partial charge in [0.25, 0.3) is 0 Å². The monoisotopic (exact) mass is 341 g/mol. The fraction of sp³-hybridized carbons (Fsp3) is 0.333. The SMILES string of the molecule is COC(C)(C)C(O)/C(=C/c1ccc(Cl)cc1Cl)n1cncn1. The molecule has 1 aromatic carbocycles. The highest BCUT2D eigenvalue weighted by Gasteiger charge is 2.32. The first-order valence-electron chi connectivity index (χ1n) is 6.60. The summed E-state index contributed by atoms with van der Waals surface area (Å²) in [5.74, 6) is 0. The van der Waals surface area contributed by atoms with E-state index in [1.807, 2.05) is 0 Å². The zero-order valence-corrected chi connectivity index (χ0v) is 14.0. The van der Waals surface area contributed by atoms with E-state index >= 15 is 0 Å². The molecule has 22 heavy (non-hydrogen) atoms. The largest absolute Gasteiger partial charge is 0.384 e. The molecule has 0 radical (unpaired) electrons. The van der Waals surface area contributed by atoms with Gasteiger partial charge in [0.2, 0.25) is 0 Å². The second-order valence-corrected chi connectivity index (χ2v) is 6.13. The molecule has 1 heterocycles. The van der Waals surface area contributed by atoms with E-state index in [0.717, 1.165) is 0 Å². The van der Waals surface area contributed by atoms with Gasteiger partial charge < -0.3 is 9.84 Å². The van der Waals surface area contributed by atoms with E-state index in [1.54, 1.807) is 38.1 Å². The van der Waals surface area contributed by atoms with E-state index in [1.165, 1.54) is 24.4 Å². The molecule has 1 atom stereocenters. The van der Waals surface area contributed by atoms with Gasteiger partial charge in [0.05, 0.1) is 11.3 Å². The minimum Gasteiger partial charge on any atom is -0.384 e. The number of methoxy groups -OCH3 is 1. The van der Waals surface area contributed by atoms with Crippen molar-refractivity contribution in [1.82, 2.24) is 14.8 Å². The maximum absolute atomic E-state index is 10.7. The zero-order valence-electron chi connectivity index (χ0n) is 12.5. The van der Waals surface area contributed by atoms with Crippen molar-refractivity contribution >= 4 is 35.0 Å². The third kappa shape index (κ3) is 3.67. The summed E-state index contributed by atoms with van der Waals surface area (Å²) in [5.41, 5.74) is 0.396. The van der Waals surface area contributed by atoms with Crippen LogP contribution in [0.5, 0.6) is 0 Å². The van der Waals surface area contributed by atoms with Gasteiger partial charge in [-0.1, -0.05) is 29.3 Å². The van der Waals surface area contributed by atoms with Crippen molar-refractivity contribution in [2.75, 3.05) is 7.11 Å². The first-order chi connectivity index (χ1) is 10.3. The van der Waals surface area contributed by atoms with Gasteiger partial charge in [0, 0.05) is 17.2 Å². The van der Waals surface area contributed by atoms with E-state index in [9.17, 15) is 5.11 Å². The predicted molar refractivity (Wildman–Crippen MR) is 87.7 cm³/mol. The van der Waals surface area contributed by atoms with Crippen molar-refractivity contribution in [3.63, 3.8) is 0 Å². The molecule has 1 aromatic heterocycles. The van der Waals surface area contributed by atoms with Crippen LogP contribution >= 0.6 is 23.2 Å². The molecule has 5 nitrogen and oxygen atoms in total. The van der Waals surface area contributed by atoms with Crippen molar-refractivity contribution in [3.8, 4) is 0 Å². The predicted octanol–water partition coefficient (Wildman–Crippen LogP) is 3.37. The Morgan fingerprint density at radius 1 is 1.41 bits per heavy atom. The van der Waals surface area contributed by atoms with Crippen molar-refractivity contribution in [2.45, 2.75) is 25.6 Å². The molecule has 0 aliphatic carbocycles. The number of benzene rings is 1. The minimum atomic E-state index is -0.939. The summed E-state index contributed by atoms with van der Waals surface area (Å²) in [6, 6.07) is 5.14. The van der Waals surface area contributed by atoms with E-state index in [-0.39, 0.29) is 0 Å². The van der Waals surface area contributed by atoms with E-state index in [4.69, 9.17) is 27.9 Å². The lowest BCUT2D eigenvalue weighted by Gasteiger charge is -2.30. The molecular formula is C15H17Cl2N3O2. The summed E-state index contributed by atoms with van der Waals surface area (Å²) in [5, 5.41) is 15.8. The van der Waals surface area contributed by atoms with Crippen LogP contribution in [-0.2, 0) is 4.74 Å². The second kappa shape index (κ2) is 6.79. The first-order valence-corrected chi connectivity index (χ1v) is 7.35. The average Bonchev–Trinajstić information content (AvgIpc) is 3.00. The van der Waals surface area contributed by atoms with Gasteiger partial charge in [-0.25, -0.2) is 9.67 Å². The molecule has 1 N–H and O–H groups in total. The van der Waals surface area contributed by atoms with Gasteiger partial charge in [-0.2, -0.15) is 5.10 Å². The number of halogens is 2. The molecular weight excluding hydrogens is 325 g/mol. The molecule has 1 unspecified atom stereocenters. The van der Waals surface area contributed by atoms with Crippen molar-refractivity contribution in [1.29, 1.82) is 0 Å². The Labute approximate surface area is 139 Å². The summed E-state index contributed by atoms with van der Waals surface area (Å²) in [6.45, 7) is 3.57. The van der Waals surface area contributed by atoms with Crippen LogP contribution in [0.2, 0.25) is 10.0 Å². The van der Waals surface area contributed by atoms with E-state index in [0.29, 0.717) is 21.3 Å². The third-order valence-corrected chi connectivity index (χ3v) is 3.98. The zero-order chi connectivity index (χ0) is 16.3. The summed E-state index contributed by atoms with van der Waals surface area (Å²) in [4.78, 5) is 3.92. The maximum atomic E-state index is 10.7. The maximum Gasteiger partial charge on any atom is 0.138 e. The Hall–Kier alpha value is -1.40. The first kappa shape index (κ1) is 17.0. The fourth-order valence-electron chi connectivity index (χ4n) is 1.86. The Morgan fingerprint density at radius 3 is 2.68 bits per heavy atom. The normalized spacial score (nSPS) is 14.2. The summed E-state index contributed by atoms with van der Waals surface area (Å²) in [6.07, 6.45) is 3.69. The second-order valence-electron chi connectivity index (χ2n) is 5.29. The van der Waals surface area contributed by atoms with Crippen LogP contribution in [0.1, 0.15) is 19.4 Å². The lowest BCUT2D eigenvalue weighted by Crippen LogP contribution is -2.40. The van der Waals surface area contributed by atoms with Crippen LogP contribution in [0.25, 0.3) is 11.8 Å². The van der Waals surface area contributed by atoms with Crippen LogP contribution in [0.15, 0.2) is 30.9 Å². The summed E-state index contributed by atoms with van der Waals surface area (Å²) < 4.78 is 6.84. The molecule has 0 spiro atoms. The molecule has 0 saturated carbocycles. The van der Waals surface area contributed by atoms with Gasteiger partial charge in [0.1, 0.15) is 18.8 Å². The van der Waals surface area contributed by atoms with E-state index < -0.39 is 11.7 Å². The molecule has 0 amide bonds. The van der Waals surface area contributed by atoms with Crippen LogP contribution < -0.4 is 0 Å². The Bertz CT molecular complexity index is 669. The number of hydrogen-bond acceptors (Lipinski definition) is 4. The van der Waals surface area contributed by atoms with Crippen LogP contribution in [-0.4, -0.2) is 38.7 Å². The lowest BCUT2D eigenvalue weighted by atomic mass is 9.97. The van der Waals surface area contributed by atoms with Crippen LogP contribution in [0, 0.1) is 0 Å². The highest BCUT2D eigenvalue weighted by atomic mass is 35.5. The third-order valence-electron chi connectivity index (χ3n) is 3.41. The average molecular weight is 342 g/mol. The number of hydrogen-bond donors (Lipinski definition) is 1. The van der Waals surface area contributed by atoms with Gasteiger partial charge in [-0.3, -0.25) is 0 Å². The van der Waals surface area contributed by atoms with Gasteiger partial charge in [-0.15, -0.1) is 0 Å². The molecule has 0 saturated heterocycles. The Morgan fingerprint density at radius 2 is 2.14 bits per heavy atom. The van der Waals surface area contributed by atoms with Gasteiger partial charge in [-0.05, 0) is 37.6 Å². The van der Waals surface area contributed by atoms with Crippen LogP contribution in [0.4, 0.5) is 0 Å². The Balaban J connectivity index is 2.52. The quantitative estimate of drug-likeness (QED) is 0.905. The van der Waals surface area contributed by atoms with Crippen molar-refractivity contribution in [2.24, 2.45) is 0 Å². The van der Waals surface area contributed by atoms with Gasteiger partial charge in [0.15, 0.2) is 0 Å². The van der Waals surface area contributed by atoms with Gasteiger partial charge >= 0.3 is 0 Å². The van der Waals surface area contributed by atoms with Crippen LogP contribution in [0.3, 0.4) is 0 Å². The number of aromatic nitrogens is 3. The molecule has 2 rings (SSSR count). The highest BCUT2D eigenvalue weighted by molar-refractivity contribution is 6.35. The number of ether oxygens (including phenoxy) is 1. The lowest BCUT2D eigenvalue weighted by molar-refractivity contribution is -0.0539. The number of aliphatic hydroxyl groups is 1. The highest BCUT2D eigenvalue weighted by Crippen LogP contribution is 2.28. The molecule has 0 bridgehead atoms. The molecule has 0 fully saturated rings. The topological polar surface area (TPSA) is 60.2 Å². The fourth-order valence-corrected chi connectivity index (χ4v) is 2.32. The summed E-state index contributed by atoms with van der Waals surface area (Å²) >= 11 is 12.1. The number of rotatable bonds is 5. The smallest absolute Gasteiger partial charge is 0.138 e. The number of nitrogens with zero attached hydrogens (tertiary/aromatic N) is 3. The van der Waals surface area contributed by atoms with E-state index in [2.05, 4.69) is 10.1 Å². The minimum absolute atomic E-state index is 0.479. The molecule has 0 aliphatic heterocycles. The standard InChI is InChI=1S/C15H17Cl2N3O2/c1-15(2,22-3)14(21)13(20-9-18-8-19-20)6-10-4-5-11(16)7-12(10)17/h4-9,14,21H,1-3H3/b13-6-.